The molecule has 1 heterocycles. The second-order valence-corrected chi connectivity index (χ2v) is 5.97. The van der Waals surface area contributed by atoms with Crippen LogP contribution in [0.4, 0.5) is 0 Å². The van der Waals surface area contributed by atoms with E-state index in [4.69, 9.17) is 0 Å². The van der Waals surface area contributed by atoms with Gasteiger partial charge in [0.25, 0.3) is 0 Å². The average Bonchev–Trinajstić information content (AvgIpc) is 2.03. The van der Waals surface area contributed by atoms with Gasteiger partial charge >= 0.3 is 0 Å². The number of aliphatic hydroxyl groups is 1. The van der Waals surface area contributed by atoms with Crippen LogP contribution in [0.3, 0.4) is 0 Å². The van der Waals surface area contributed by atoms with Crippen molar-refractivity contribution in [1.29, 1.82) is 0 Å². The van der Waals surface area contributed by atoms with Gasteiger partial charge in [0.05, 0.1) is 17.6 Å². The lowest BCUT2D eigenvalue weighted by atomic mass is 10.2. The van der Waals surface area contributed by atoms with Crippen LogP contribution in [-0.2, 0) is 9.84 Å². The van der Waals surface area contributed by atoms with Crippen LogP contribution in [0.2, 0.25) is 0 Å². The highest BCUT2D eigenvalue weighted by atomic mass is 32.2. The highest BCUT2D eigenvalue weighted by molar-refractivity contribution is 7.91. The van der Waals surface area contributed by atoms with Crippen LogP contribution in [0, 0.1) is 0 Å². The second-order valence-electron chi connectivity index (χ2n) is 3.67. The SMILES string of the molecule is CC(O)C(C)N1CCS(=O)(=O)CC1. The Hall–Kier alpha value is -0.130. The fourth-order valence-electron chi connectivity index (χ4n) is 1.44. The molecular formula is C8H17NO3S. The van der Waals surface area contributed by atoms with Crippen LogP contribution in [0.25, 0.3) is 0 Å². The lowest BCUT2D eigenvalue weighted by Crippen LogP contribution is -2.48. The van der Waals surface area contributed by atoms with Gasteiger partial charge in [0.1, 0.15) is 0 Å². The first kappa shape index (κ1) is 10.9. The zero-order valence-electron chi connectivity index (χ0n) is 8.10. The average molecular weight is 207 g/mol. The molecule has 0 aromatic carbocycles. The zero-order valence-corrected chi connectivity index (χ0v) is 8.92. The van der Waals surface area contributed by atoms with Crippen molar-refractivity contribution >= 4 is 9.84 Å². The quantitative estimate of drug-likeness (QED) is 0.662. The molecule has 0 spiro atoms. The Bertz CT molecular complexity index is 247. The lowest BCUT2D eigenvalue weighted by molar-refractivity contribution is 0.0761. The summed E-state index contributed by atoms with van der Waals surface area (Å²) in [6.07, 6.45) is -0.402. The maximum absolute atomic E-state index is 11.1. The first-order chi connectivity index (χ1) is 5.92. The Kier molecular flexibility index (Phi) is 3.32. The summed E-state index contributed by atoms with van der Waals surface area (Å²) >= 11 is 0. The van der Waals surface area contributed by atoms with Gasteiger partial charge in [-0.1, -0.05) is 0 Å². The molecule has 1 saturated heterocycles. The normalized spacial score (nSPS) is 28.2. The topological polar surface area (TPSA) is 57.6 Å². The van der Waals surface area contributed by atoms with Crippen molar-refractivity contribution in [3.63, 3.8) is 0 Å². The minimum atomic E-state index is -2.80. The van der Waals surface area contributed by atoms with Gasteiger partial charge in [-0.15, -0.1) is 0 Å². The van der Waals surface area contributed by atoms with Crippen molar-refractivity contribution in [3.8, 4) is 0 Å². The Balaban J connectivity index is 2.50. The van der Waals surface area contributed by atoms with E-state index in [0.29, 0.717) is 13.1 Å². The first-order valence-electron chi connectivity index (χ1n) is 4.55. The molecule has 0 saturated carbocycles. The van der Waals surface area contributed by atoms with E-state index in [1.165, 1.54) is 0 Å². The molecule has 0 amide bonds. The van der Waals surface area contributed by atoms with Crippen molar-refractivity contribution in [2.75, 3.05) is 24.6 Å². The van der Waals surface area contributed by atoms with Gasteiger partial charge in [0.15, 0.2) is 9.84 Å². The fraction of sp³-hybridized carbons (Fsp3) is 1.00. The molecule has 0 radical (unpaired) electrons. The standard InChI is InChI=1S/C8H17NO3S/c1-7(8(2)10)9-3-5-13(11,12)6-4-9/h7-8,10H,3-6H2,1-2H3. The van der Waals surface area contributed by atoms with Crippen LogP contribution < -0.4 is 0 Å². The molecule has 0 aromatic rings. The van der Waals surface area contributed by atoms with Crippen molar-refractivity contribution in [2.24, 2.45) is 0 Å². The Morgan fingerprint density at radius 2 is 1.69 bits per heavy atom. The van der Waals surface area contributed by atoms with Gasteiger partial charge in [-0.2, -0.15) is 0 Å². The molecule has 1 aliphatic rings. The Morgan fingerprint density at radius 1 is 1.23 bits per heavy atom. The molecule has 2 atom stereocenters. The Morgan fingerprint density at radius 3 is 2.08 bits per heavy atom. The molecule has 0 aromatic heterocycles. The number of aliphatic hydroxyl groups excluding tert-OH is 1. The molecule has 0 aliphatic carbocycles. The second kappa shape index (κ2) is 3.94. The van der Waals surface area contributed by atoms with Crippen LogP contribution in [0.15, 0.2) is 0 Å². The smallest absolute Gasteiger partial charge is 0.152 e. The van der Waals surface area contributed by atoms with Gasteiger partial charge in [-0.3, -0.25) is 4.90 Å². The van der Waals surface area contributed by atoms with E-state index in [9.17, 15) is 13.5 Å². The summed E-state index contributed by atoms with van der Waals surface area (Å²) < 4.78 is 22.2. The molecule has 4 nitrogen and oxygen atoms in total. The lowest BCUT2D eigenvalue weighted by Gasteiger charge is -2.33. The molecular weight excluding hydrogens is 190 g/mol. The highest BCUT2D eigenvalue weighted by Crippen LogP contribution is 2.10. The summed E-state index contributed by atoms with van der Waals surface area (Å²) in [5, 5.41) is 9.31. The summed E-state index contributed by atoms with van der Waals surface area (Å²) in [6.45, 7) is 4.75. The van der Waals surface area contributed by atoms with Crippen LogP contribution in [0.1, 0.15) is 13.8 Å². The van der Waals surface area contributed by atoms with Crippen LogP contribution in [0.5, 0.6) is 0 Å². The van der Waals surface area contributed by atoms with Crippen LogP contribution >= 0.6 is 0 Å². The van der Waals surface area contributed by atoms with Gasteiger partial charge in [-0.05, 0) is 13.8 Å². The van der Waals surface area contributed by atoms with Crippen LogP contribution in [-0.4, -0.2) is 55.2 Å². The molecule has 0 bridgehead atoms. The minimum absolute atomic E-state index is 0.0514. The summed E-state index contributed by atoms with van der Waals surface area (Å²) in [5.74, 6) is 0.452. The summed E-state index contributed by atoms with van der Waals surface area (Å²) in [6, 6.07) is 0.0514. The summed E-state index contributed by atoms with van der Waals surface area (Å²) in [7, 11) is -2.80. The minimum Gasteiger partial charge on any atom is -0.392 e. The van der Waals surface area contributed by atoms with Gasteiger partial charge < -0.3 is 5.11 Å². The third kappa shape index (κ3) is 2.93. The number of hydrogen-bond acceptors (Lipinski definition) is 4. The van der Waals surface area contributed by atoms with Gasteiger partial charge in [-0.25, -0.2) is 8.42 Å². The van der Waals surface area contributed by atoms with E-state index in [2.05, 4.69) is 0 Å². The molecule has 1 rings (SSSR count). The van der Waals surface area contributed by atoms with E-state index in [0.717, 1.165) is 0 Å². The molecule has 1 aliphatic heterocycles. The molecule has 78 valence electrons. The van der Waals surface area contributed by atoms with Gasteiger partial charge in [0.2, 0.25) is 0 Å². The number of nitrogens with zero attached hydrogens (tertiary/aromatic N) is 1. The van der Waals surface area contributed by atoms with E-state index in [1.807, 2.05) is 11.8 Å². The maximum Gasteiger partial charge on any atom is 0.152 e. The predicted octanol–water partition coefficient (Wildman–Crippen LogP) is -0.514. The Labute approximate surface area is 79.5 Å². The maximum atomic E-state index is 11.1. The zero-order chi connectivity index (χ0) is 10.1. The van der Waals surface area contributed by atoms with E-state index >= 15 is 0 Å². The molecule has 1 N–H and O–H groups in total. The number of sulfone groups is 1. The third-order valence-electron chi connectivity index (χ3n) is 2.65. The molecule has 1 fully saturated rings. The van der Waals surface area contributed by atoms with E-state index < -0.39 is 15.9 Å². The largest absolute Gasteiger partial charge is 0.392 e. The number of rotatable bonds is 2. The van der Waals surface area contributed by atoms with Gasteiger partial charge in [0, 0.05) is 19.1 Å². The highest BCUT2D eigenvalue weighted by Gasteiger charge is 2.26. The monoisotopic (exact) mass is 207 g/mol. The molecule has 13 heavy (non-hydrogen) atoms. The third-order valence-corrected chi connectivity index (χ3v) is 4.26. The number of hydrogen-bond donors (Lipinski definition) is 1. The molecule has 5 heteroatoms. The summed E-state index contributed by atoms with van der Waals surface area (Å²) in [5.41, 5.74) is 0. The van der Waals surface area contributed by atoms with E-state index in [-0.39, 0.29) is 17.5 Å². The van der Waals surface area contributed by atoms with Crippen molar-refractivity contribution in [3.05, 3.63) is 0 Å². The van der Waals surface area contributed by atoms with Crippen molar-refractivity contribution in [1.82, 2.24) is 4.90 Å². The predicted molar refractivity (Wildman–Crippen MR) is 51.4 cm³/mol. The summed E-state index contributed by atoms with van der Waals surface area (Å²) in [4.78, 5) is 2.02. The van der Waals surface area contributed by atoms with Crippen molar-refractivity contribution in [2.45, 2.75) is 26.0 Å². The fourth-order valence-corrected chi connectivity index (χ4v) is 2.67. The first-order valence-corrected chi connectivity index (χ1v) is 6.37. The molecule has 2 unspecified atom stereocenters. The van der Waals surface area contributed by atoms with Crippen molar-refractivity contribution < 1.29 is 13.5 Å². The van der Waals surface area contributed by atoms with E-state index in [1.54, 1.807) is 6.92 Å².